The highest BCUT2D eigenvalue weighted by molar-refractivity contribution is 6.09. The van der Waals surface area contributed by atoms with Crippen LogP contribution in [-0.2, 0) is 20.7 Å². The number of methoxy groups -OCH3 is 2. The Labute approximate surface area is 295 Å². The molecule has 0 aromatic heterocycles. The van der Waals surface area contributed by atoms with Crippen molar-refractivity contribution < 1.29 is 42.0 Å². The standard InChI is InChI=1S/C42H39F3O6/c1-4-5-17-42(50-22-21-49-20-19-46)35-23-30(45)14-15-31(35)38-33-24-36(47-2)37(48-3)25-34(33)40-32(39(38)42)16-18-41(51-40,26-6-10-28(43)11-7-26)27-8-12-29(44)13-9-27/h6-16,18,23-25,46H,4-5,17,19-22H2,1-3H3. The molecule has 6 nitrogen and oxygen atoms in total. The van der Waals surface area contributed by atoms with Gasteiger partial charge in [-0.15, -0.1) is 0 Å². The Hall–Kier alpha value is -4.83. The maximum Gasteiger partial charge on any atom is 0.178 e. The second-order valence-electron chi connectivity index (χ2n) is 12.7. The van der Waals surface area contributed by atoms with Crippen LogP contribution in [-0.4, -0.2) is 45.8 Å². The molecule has 1 unspecified atom stereocenters. The molecule has 2 aliphatic rings. The van der Waals surface area contributed by atoms with E-state index in [9.17, 15) is 13.9 Å². The first kappa shape index (κ1) is 34.6. The molecule has 7 rings (SSSR count). The molecule has 1 aliphatic carbocycles. The maximum absolute atomic E-state index is 15.3. The fourth-order valence-electron chi connectivity index (χ4n) is 7.59. The third kappa shape index (κ3) is 5.83. The number of hydrogen-bond donors (Lipinski definition) is 1. The largest absolute Gasteiger partial charge is 0.493 e. The molecule has 1 atom stereocenters. The normalized spacial score (nSPS) is 16.8. The van der Waals surface area contributed by atoms with Gasteiger partial charge in [-0.25, -0.2) is 13.2 Å². The molecule has 1 N–H and O–H groups in total. The average Bonchev–Trinajstić information content (AvgIpc) is 3.43. The van der Waals surface area contributed by atoms with E-state index in [4.69, 9.17) is 23.7 Å². The van der Waals surface area contributed by atoms with Crippen LogP contribution in [0.1, 0.15) is 54.0 Å². The first-order valence-corrected chi connectivity index (χ1v) is 17.1. The van der Waals surface area contributed by atoms with Crippen molar-refractivity contribution in [1.29, 1.82) is 0 Å². The van der Waals surface area contributed by atoms with Crippen molar-refractivity contribution in [1.82, 2.24) is 0 Å². The Balaban J connectivity index is 1.57. The summed E-state index contributed by atoms with van der Waals surface area (Å²) in [4.78, 5) is 0. The summed E-state index contributed by atoms with van der Waals surface area (Å²) in [5.74, 6) is 0.271. The summed E-state index contributed by atoms with van der Waals surface area (Å²) >= 11 is 0. The molecule has 51 heavy (non-hydrogen) atoms. The van der Waals surface area contributed by atoms with Crippen LogP contribution in [0.3, 0.4) is 0 Å². The van der Waals surface area contributed by atoms with Crippen LogP contribution >= 0.6 is 0 Å². The number of benzene rings is 5. The lowest BCUT2D eigenvalue weighted by Crippen LogP contribution is -2.36. The third-order valence-corrected chi connectivity index (χ3v) is 9.88. The molecule has 9 heteroatoms. The Morgan fingerprint density at radius 1 is 0.745 bits per heavy atom. The second-order valence-corrected chi connectivity index (χ2v) is 12.7. The van der Waals surface area contributed by atoms with Crippen molar-refractivity contribution in [2.75, 3.05) is 40.6 Å². The predicted molar refractivity (Wildman–Crippen MR) is 190 cm³/mol. The number of unbranched alkanes of at least 4 members (excludes halogenated alkanes) is 1. The lowest BCUT2D eigenvalue weighted by atomic mass is 9.78. The van der Waals surface area contributed by atoms with E-state index < -0.39 is 28.7 Å². The molecule has 1 heterocycles. The van der Waals surface area contributed by atoms with Crippen LogP contribution in [0.5, 0.6) is 17.2 Å². The highest BCUT2D eigenvalue weighted by Crippen LogP contribution is 2.61. The molecule has 0 saturated carbocycles. The van der Waals surface area contributed by atoms with E-state index in [2.05, 4.69) is 6.92 Å². The minimum atomic E-state index is -1.29. The fourth-order valence-corrected chi connectivity index (χ4v) is 7.59. The second kappa shape index (κ2) is 14.1. The minimum absolute atomic E-state index is 0.116. The summed E-state index contributed by atoms with van der Waals surface area (Å²) in [6.45, 7) is 2.54. The smallest absolute Gasteiger partial charge is 0.178 e. The van der Waals surface area contributed by atoms with Gasteiger partial charge in [0.2, 0.25) is 0 Å². The first-order valence-electron chi connectivity index (χ1n) is 17.1. The van der Waals surface area contributed by atoms with Gasteiger partial charge < -0.3 is 28.8 Å². The summed E-state index contributed by atoms with van der Waals surface area (Å²) in [6.07, 6.45) is 6.05. The van der Waals surface area contributed by atoms with Crippen molar-refractivity contribution >= 4 is 16.8 Å². The summed E-state index contributed by atoms with van der Waals surface area (Å²) in [5.41, 5.74) is 2.79. The van der Waals surface area contributed by atoms with Crippen molar-refractivity contribution in [3.63, 3.8) is 0 Å². The molecule has 5 aromatic rings. The van der Waals surface area contributed by atoms with Gasteiger partial charge in [0.25, 0.3) is 0 Å². The van der Waals surface area contributed by atoms with Crippen LogP contribution in [0.4, 0.5) is 13.2 Å². The number of rotatable bonds is 13. The quantitative estimate of drug-likeness (QED) is 0.124. The predicted octanol–water partition coefficient (Wildman–Crippen LogP) is 9.06. The third-order valence-electron chi connectivity index (χ3n) is 9.88. The van der Waals surface area contributed by atoms with Crippen LogP contribution in [0.25, 0.3) is 28.0 Å². The van der Waals surface area contributed by atoms with Crippen LogP contribution in [0.15, 0.2) is 84.9 Å². The number of fused-ring (bicyclic) bond motifs is 8. The van der Waals surface area contributed by atoms with Gasteiger partial charge in [0.1, 0.15) is 28.8 Å². The molecule has 264 valence electrons. The lowest BCUT2D eigenvalue weighted by molar-refractivity contribution is -0.0534. The van der Waals surface area contributed by atoms with Gasteiger partial charge in [-0.1, -0.05) is 56.2 Å². The molecular formula is C42H39F3O6. The van der Waals surface area contributed by atoms with E-state index in [1.165, 1.54) is 30.3 Å². The summed E-state index contributed by atoms with van der Waals surface area (Å²) in [7, 11) is 3.13. The minimum Gasteiger partial charge on any atom is -0.493 e. The van der Waals surface area contributed by atoms with E-state index in [0.717, 1.165) is 40.5 Å². The summed E-state index contributed by atoms with van der Waals surface area (Å²) in [6, 6.07) is 20.7. The van der Waals surface area contributed by atoms with Gasteiger partial charge in [0.05, 0.1) is 40.6 Å². The zero-order valence-corrected chi connectivity index (χ0v) is 28.7. The Morgan fingerprint density at radius 3 is 1.98 bits per heavy atom. The van der Waals surface area contributed by atoms with E-state index in [0.29, 0.717) is 45.7 Å². The topological polar surface area (TPSA) is 66.4 Å². The first-order chi connectivity index (χ1) is 24.8. The van der Waals surface area contributed by atoms with Crippen molar-refractivity contribution in [3.05, 3.63) is 130 Å². The van der Waals surface area contributed by atoms with Crippen LogP contribution < -0.4 is 14.2 Å². The van der Waals surface area contributed by atoms with Gasteiger partial charge in [-0.3, -0.25) is 0 Å². The molecule has 5 aromatic carbocycles. The van der Waals surface area contributed by atoms with Gasteiger partial charge in [-0.2, -0.15) is 0 Å². The van der Waals surface area contributed by atoms with Crippen LogP contribution in [0.2, 0.25) is 0 Å². The van der Waals surface area contributed by atoms with Crippen molar-refractivity contribution in [2.24, 2.45) is 0 Å². The van der Waals surface area contributed by atoms with Crippen LogP contribution in [0, 0.1) is 17.5 Å². The number of aliphatic hydroxyl groups is 1. The molecule has 0 amide bonds. The number of halogens is 3. The molecule has 0 fully saturated rings. The highest BCUT2D eigenvalue weighted by Gasteiger charge is 2.49. The maximum atomic E-state index is 15.3. The van der Waals surface area contributed by atoms with E-state index in [-0.39, 0.29) is 26.4 Å². The SMILES string of the molecule is CCCCC1(OCCOCCO)c2cc(F)ccc2-c2c1c1c(c3cc(OC)c(OC)cc23)OC(c2ccc(F)cc2)(c2ccc(F)cc2)C=C1. The lowest BCUT2D eigenvalue weighted by Gasteiger charge is -2.39. The van der Waals surface area contributed by atoms with Crippen molar-refractivity contribution in [3.8, 4) is 28.4 Å². The molecule has 0 spiro atoms. The summed E-state index contributed by atoms with van der Waals surface area (Å²) in [5, 5.41) is 10.8. The van der Waals surface area contributed by atoms with Gasteiger partial charge in [-0.05, 0) is 83.1 Å². The Kier molecular flexibility index (Phi) is 9.54. The van der Waals surface area contributed by atoms with Gasteiger partial charge >= 0.3 is 0 Å². The number of ether oxygens (including phenoxy) is 5. The number of hydrogen-bond acceptors (Lipinski definition) is 6. The average molecular weight is 697 g/mol. The Bertz CT molecular complexity index is 2050. The molecule has 0 radical (unpaired) electrons. The summed E-state index contributed by atoms with van der Waals surface area (Å²) < 4.78 is 75.3. The van der Waals surface area contributed by atoms with Crippen molar-refractivity contribution in [2.45, 2.75) is 37.4 Å². The van der Waals surface area contributed by atoms with Gasteiger partial charge in [0.15, 0.2) is 17.1 Å². The zero-order chi connectivity index (χ0) is 35.8. The molecule has 1 aliphatic heterocycles. The van der Waals surface area contributed by atoms with E-state index >= 15 is 4.39 Å². The highest BCUT2D eigenvalue weighted by atomic mass is 19.1. The molecule has 0 saturated heterocycles. The number of aliphatic hydroxyl groups excluding tert-OH is 1. The fraction of sp³-hybridized carbons (Fsp3) is 0.286. The monoisotopic (exact) mass is 696 g/mol. The Morgan fingerprint density at radius 2 is 1.37 bits per heavy atom. The van der Waals surface area contributed by atoms with E-state index in [1.807, 2.05) is 24.3 Å². The van der Waals surface area contributed by atoms with E-state index in [1.54, 1.807) is 50.6 Å². The zero-order valence-electron chi connectivity index (χ0n) is 28.7. The molecule has 0 bridgehead atoms. The molecular weight excluding hydrogens is 657 g/mol. The van der Waals surface area contributed by atoms with Gasteiger partial charge in [0, 0.05) is 27.6 Å².